The Hall–Kier alpha value is -2.11. The standard InChI is InChI=1S/C16H22FNO4/c1-11(2)9-18-14(19)10-21-15(20)16(3,4)22-13-7-5-12(17)6-8-13/h5-8,11H,9-10H2,1-4H3,(H,18,19). The lowest BCUT2D eigenvalue weighted by molar-refractivity contribution is -0.162. The molecule has 1 N–H and O–H groups in total. The first-order valence-electron chi connectivity index (χ1n) is 7.09. The van der Waals surface area contributed by atoms with E-state index in [0.717, 1.165) is 0 Å². The third-order valence-electron chi connectivity index (χ3n) is 2.72. The maximum absolute atomic E-state index is 12.8. The molecule has 0 radical (unpaired) electrons. The first-order chi connectivity index (χ1) is 10.2. The summed E-state index contributed by atoms with van der Waals surface area (Å²) < 4.78 is 23.2. The summed E-state index contributed by atoms with van der Waals surface area (Å²) in [6.45, 7) is 7.13. The van der Waals surface area contributed by atoms with Crippen LogP contribution in [0.2, 0.25) is 0 Å². The first kappa shape index (κ1) is 17.9. The van der Waals surface area contributed by atoms with Gasteiger partial charge in [-0.1, -0.05) is 13.8 Å². The minimum atomic E-state index is -1.28. The van der Waals surface area contributed by atoms with Crippen LogP contribution >= 0.6 is 0 Å². The second kappa shape index (κ2) is 7.77. The summed E-state index contributed by atoms with van der Waals surface area (Å²) >= 11 is 0. The van der Waals surface area contributed by atoms with Crippen LogP contribution in [0.4, 0.5) is 4.39 Å². The van der Waals surface area contributed by atoms with Crippen molar-refractivity contribution in [2.75, 3.05) is 13.2 Å². The minimum absolute atomic E-state index is 0.318. The fourth-order valence-electron chi connectivity index (χ4n) is 1.51. The number of ether oxygens (including phenoxy) is 2. The Bertz CT molecular complexity index is 511. The number of rotatable bonds is 7. The molecule has 0 aliphatic heterocycles. The molecular formula is C16H22FNO4. The molecule has 0 fully saturated rings. The zero-order valence-electron chi connectivity index (χ0n) is 13.3. The number of benzene rings is 1. The molecule has 5 nitrogen and oxygen atoms in total. The van der Waals surface area contributed by atoms with Crippen LogP contribution in [-0.2, 0) is 14.3 Å². The average molecular weight is 311 g/mol. The number of nitrogens with one attached hydrogen (secondary N) is 1. The molecule has 0 aromatic heterocycles. The first-order valence-corrected chi connectivity index (χ1v) is 7.09. The van der Waals surface area contributed by atoms with Crippen LogP contribution in [0.25, 0.3) is 0 Å². The Morgan fingerprint density at radius 3 is 2.36 bits per heavy atom. The van der Waals surface area contributed by atoms with Gasteiger partial charge in [0.1, 0.15) is 11.6 Å². The molecule has 0 bridgehead atoms. The minimum Gasteiger partial charge on any atom is -0.476 e. The van der Waals surface area contributed by atoms with Gasteiger partial charge in [-0.3, -0.25) is 4.79 Å². The number of amides is 1. The van der Waals surface area contributed by atoms with Gasteiger partial charge in [0.15, 0.2) is 12.2 Å². The van der Waals surface area contributed by atoms with Crippen molar-refractivity contribution in [2.45, 2.75) is 33.3 Å². The van der Waals surface area contributed by atoms with Crippen LogP contribution < -0.4 is 10.1 Å². The van der Waals surface area contributed by atoms with Gasteiger partial charge >= 0.3 is 5.97 Å². The Labute approximate surface area is 129 Å². The van der Waals surface area contributed by atoms with Gasteiger partial charge in [0.05, 0.1) is 0 Å². The van der Waals surface area contributed by atoms with Crippen molar-refractivity contribution in [1.82, 2.24) is 5.32 Å². The highest BCUT2D eigenvalue weighted by atomic mass is 19.1. The zero-order valence-corrected chi connectivity index (χ0v) is 13.3. The molecule has 1 aromatic rings. The molecule has 0 unspecified atom stereocenters. The van der Waals surface area contributed by atoms with Crippen molar-refractivity contribution in [3.63, 3.8) is 0 Å². The Balaban J connectivity index is 2.48. The lowest BCUT2D eigenvalue weighted by Gasteiger charge is -2.24. The van der Waals surface area contributed by atoms with E-state index in [1.807, 2.05) is 13.8 Å². The van der Waals surface area contributed by atoms with Gasteiger partial charge in [0.2, 0.25) is 0 Å². The summed E-state index contributed by atoms with van der Waals surface area (Å²) in [5, 5.41) is 2.65. The summed E-state index contributed by atoms with van der Waals surface area (Å²) in [7, 11) is 0. The van der Waals surface area contributed by atoms with Gasteiger partial charge in [-0.25, -0.2) is 9.18 Å². The molecule has 0 aliphatic carbocycles. The van der Waals surface area contributed by atoms with E-state index in [1.165, 1.54) is 38.1 Å². The van der Waals surface area contributed by atoms with E-state index in [9.17, 15) is 14.0 Å². The third kappa shape index (κ3) is 6.11. The molecule has 0 aliphatic rings. The average Bonchev–Trinajstić information content (AvgIpc) is 2.44. The van der Waals surface area contributed by atoms with E-state index < -0.39 is 17.4 Å². The van der Waals surface area contributed by atoms with Gasteiger partial charge in [-0.2, -0.15) is 0 Å². The second-order valence-corrected chi connectivity index (χ2v) is 5.84. The normalized spacial score (nSPS) is 11.2. The van der Waals surface area contributed by atoms with Gasteiger partial charge in [0.25, 0.3) is 5.91 Å². The maximum Gasteiger partial charge on any atom is 0.350 e. The monoisotopic (exact) mass is 311 g/mol. The smallest absolute Gasteiger partial charge is 0.350 e. The molecule has 0 spiro atoms. The van der Waals surface area contributed by atoms with Gasteiger partial charge < -0.3 is 14.8 Å². The van der Waals surface area contributed by atoms with Gasteiger partial charge in [0, 0.05) is 6.54 Å². The quantitative estimate of drug-likeness (QED) is 0.785. The van der Waals surface area contributed by atoms with Crippen LogP contribution in [0, 0.1) is 11.7 Å². The van der Waals surface area contributed by atoms with Gasteiger partial charge in [-0.05, 0) is 44.0 Å². The number of hydrogen-bond donors (Lipinski definition) is 1. The summed E-state index contributed by atoms with van der Waals surface area (Å²) in [5.41, 5.74) is -1.28. The van der Waals surface area contributed by atoms with Crippen LogP contribution in [0.5, 0.6) is 5.75 Å². The van der Waals surface area contributed by atoms with E-state index >= 15 is 0 Å². The molecule has 1 rings (SSSR count). The van der Waals surface area contributed by atoms with Crippen LogP contribution in [0.1, 0.15) is 27.7 Å². The number of hydrogen-bond acceptors (Lipinski definition) is 4. The van der Waals surface area contributed by atoms with Crippen LogP contribution in [0.15, 0.2) is 24.3 Å². The van der Waals surface area contributed by atoms with E-state index in [1.54, 1.807) is 0 Å². The molecule has 0 heterocycles. The fraction of sp³-hybridized carbons (Fsp3) is 0.500. The fourth-order valence-corrected chi connectivity index (χ4v) is 1.51. The van der Waals surface area contributed by atoms with E-state index in [0.29, 0.717) is 18.2 Å². The number of carbonyl (C=O) groups excluding carboxylic acids is 2. The summed E-state index contributed by atoms with van der Waals surface area (Å²) in [5.74, 6) is -0.767. The number of carbonyl (C=O) groups is 2. The highest BCUT2D eigenvalue weighted by Crippen LogP contribution is 2.19. The molecule has 22 heavy (non-hydrogen) atoms. The van der Waals surface area contributed by atoms with Crippen LogP contribution in [-0.4, -0.2) is 30.6 Å². The Morgan fingerprint density at radius 1 is 1.23 bits per heavy atom. The zero-order chi connectivity index (χ0) is 16.8. The highest BCUT2D eigenvalue weighted by Gasteiger charge is 2.32. The van der Waals surface area contributed by atoms with Gasteiger partial charge in [-0.15, -0.1) is 0 Å². The van der Waals surface area contributed by atoms with Crippen molar-refractivity contribution in [2.24, 2.45) is 5.92 Å². The summed E-state index contributed by atoms with van der Waals surface area (Å²) in [6.07, 6.45) is 0. The second-order valence-electron chi connectivity index (χ2n) is 5.84. The van der Waals surface area contributed by atoms with E-state index in [4.69, 9.17) is 9.47 Å². The Morgan fingerprint density at radius 2 is 1.82 bits per heavy atom. The van der Waals surface area contributed by atoms with Crippen molar-refractivity contribution < 1.29 is 23.5 Å². The molecule has 1 amide bonds. The topological polar surface area (TPSA) is 64.6 Å². The molecule has 0 saturated heterocycles. The lowest BCUT2D eigenvalue weighted by Crippen LogP contribution is -2.41. The number of halogens is 1. The van der Waals surface area contributed by atoms with Crippen molar-refractivity contribution in [3.05, 3.63) is 30.1 Å². The molecule has 6 heteroatoms. The van der Waals surface area contributed by atoms with E-state index in [2.05, 4.69) is 5.32 Å². The molecule has 0 saturated carbocycles. The predicted molar refractivity (Wildman–Crippen MR) is 79.9 cm³/mol. The largest absolute Gasteiger partial charge is 0.476 e. The Kier molecular flexibility index (Phi) is 6.34. The molecule has 122 valence electrons. The van der Waals surface area contributed by atoms with E-state index in [-0.39, 0.29) is 12.5 Å². The summed E-state index contributed by atoms with van der Waals surface area (Å²) in [6, 6.07) is 5.30. The molecule has 1 aromatic carbocycles. The molecular weight excluding hydrogens is 289 g/mol. The SMILES string of the molecule is CC(C)CNC(=O)COC(=O)C(C)(C)Oc1ccc(F)cc1. The lowest BCUT2D eigenvalue weighted by atomic mass is 10.1. The van der Waals surface area contributed by atoms with Crippen LogP contribution in [0.3, 0.4) is 0 Å². The maximum atomic E-state index is 12.8. The van der Waals surface area contributed by atoms with Crippen molar-refractivity contribution >= 4 is 11.9 Å². The molecule has 0 atom stereocenters. The summed E-state index contributed by atoms with van der Waals surface area (Å²) in [4.78, 5) is 23.5. The number of esters is 1. The predicted octanol–water partition coefficient (Wildman–Crippen LogP) is 2.30. The third-order valence-corrected chi connectivity index (χ3v) is 2.72. The highest BCUT2D eigenvalue weighted by molar-refractivity contribution is 5.83. The van der Waals surface area contributed by atoms with Crippen molar-refractivity contribution in [1.29, 1.82) is 0 Å². The van der Waals surface area contributed by atoms with Crippen molar-refractivity contribution in [3.8, 4) is 5.75 Å².